The zero-order valence-electron chi connectivity index (χ0n) is 11.0. The summed E-state index contributed by atoms with van der Waals surface area (Å²) in [5, 5.41) is 0. The Morgan fingerprint density at radius 1 is 1.25 bits per heavy atom. The van der Waals surface area contributed by atoms with E-state index in [1.807, 2.05) is 0 Å². The summed E-state index contributed by atoms with van der Waals surface area (Å²) in [5.41, 5.74) is 8.59. The van der Waals surface area contributed by atoms with Crippen molar-refractivity contribution < 1.29 is 0 Å². The van der Waals surface area contributed by atoms with Crippen molar-refractivity contribution in [2.24, 2.45) is 5.73 Å². The molecule has 0 aliphatic heterocycles. The number of hydrogen-bond acceptors (Lipinski definition) is 2. The van der Waals surface area contributed by atoms with Gasteiger partial charge >= 0.3 is 0 Å². The van der Waals surface area contributed by atoms with E-state index in [-0.39, 0.29) is 5.41 Å². The van der Waals surface area contributed by atoms with Crippen molar-refractivity contribution in [2.75, 3.05) is 20.6 Å². The molecule has 0 aliphatic rings. The second kappa shape index (κ2) is 5.46. The van der Waals surface area contributed by atoms with Crippen LogP contribution < -0.4 is 5.73 Å². The van der Waals surface area contributed by atoms with Crippen molar-refractivity contribution in [1.29, 1.82) is 0 Å². The number of nitrogens with two attached hydrogens (primary N) is 1. The topological polar surface area (TPSA) is 29.3 Å². The molecule has 0 bridgehead atoms. The molecule has 0 unspecified atom stereocenters. The summed E-state index contributed by atoms with van der Waals surface area (Å²) in [6.45, 7) is 6.25. The van der Waals surface area contributed by atoms with Gasteiger partial charge in [0.05, 0.1) is 0 Å². The summed E-state index contributed by atoms with van der Waals surface area (Å²) >= 11 is 0. The lowest BCUT2D eigenvalue weighted by Gasteiger charge is -2.25. The van der Waals surface area contributed by atoms with E-state index in [1.54, 1.807) is 0 Å². The van der Waals surface area contributed by atoms with Crippen LogP contribution in [0.15, 0.2) is 24.3 Å². The van der Waals surface area contributed by atoms with Crippen LogP contribution in [0.1, 0.15) is 31.4 Å². The molecule has 0 saturated heterocycles. The van der Waals surface area contributed by atoms with Crippen LogP contribution in [-0.2, 0) is 12.0 Å². The molecular weight excluding hydrogens is 196 g/mol. The van der Waals surface area contributed by atoms with Crippen LogP contribution in [-0.4, -0.2) is 25.5 Å². The van der Waals surface area contributed by atoms with E-state index in [0.29, 0.717) is 0 Å². The molecule has 2 heteroatoms. The van der Waals surface area contributed by atoms with E-state index in [2.05, 4.69) is 57.1 Å². The van der Waals surface area contributed by atoms with Crippen LogP contribution in [0.4, 0.5) is 0 Å². The summed E-state index contributed by atoms with van der Waals surface area (Å²) in [6.07, 6.45) is 1.03. The molecule has 1 rings (SSSR count). The highest BCUT2D eigenvalue weighted by atomic mass is 15.0. The van der Waals surface area contributed by atoms with Gasteiger partial charge in [-0.05, 0) is 43.6 Å². The van der Waals surface area contributed by atoms with Gasteiger partial charge in [-0.25, -0.2) is 0 Å². The van der Waals surface area contributed by atoms with E-state index >= 15 is 0 Å². The predicted molar refractivity (Wildman–Crippen MR) is 70.5 cm³/mol. The summed E-state index contributed by atoms with van der Waals surface area (Å²) in [5.74, 6) is 0. The van der Waals surface area contributed by atoms with Crippen molar-refractivity contribution in [2.45, 2.75) is 32.2 Å². The van der Waals surface area contributed by atoms with E-state index < -0.39 is 0 Å². The maximum absolute atomic E-state index is 5.66. The monoisotopic (exact) mass is 220 g/mol. The van der Waals surface area contributed by atoms with Gasteiger partial charge in [0.2, 0.25) is 0 Å². The molecule has 2 N–H and O–H groups in total. The molecule has 0 aliphatic carbocycles. The second-order valence-electron chi connectivity index (χ2n) is 5.36. The fourth-order valence-electron chi connectivity index (χ4n) is 1.96. The standard InChI is InChI=1S/C14H24N2/c1-14(2,8-9-15)13-7-5-6-12(10-13)11-16(3)4/h5-7,10H,8-9,11,15H2,1-4H3. The Morgan fingerprint density at radius 2 is 1.94 bits per heavy atom. The summed E-state index contributed by atoms with van der Waals surface area (Å²) in [4.78, 5) is 2.19. The molecular formula is C14H24N2. The lowest BCUT2D eigenvalue weighted by molar-refractivity contribution is 0.401. The average molecular weight is 220 g/mol. The van der Waals surface area contributed by atoms with E-state index in [0.717, 1.165) is 19.5 Å². The van der Waals surface area contributed by atoms with Crippen molar-refractivity contribution in [3.63, 3.8) is 0 Å². The second-order valence-corrected chi connectivity index (χ2v) is 5.36. The maximum Gasteiger partial charge on any atom is 0.0227 e. The molecule has 0 aromatic heterocycles. The Kier molecular flexibility index (Phi) is 4.51. The SMILES string of the molecule is CN(C)Cc1cccc(C(C)(C)CCN)c1. The fourth-order valence-corrected chi connectivity index (χ4v) is 1.96. The van der Waals surface area contributed by atoms with Crippen molar-refractivity contribution in [3.8, 4) is 0 Å². The van der Waals surface area contributed by atoms with Crippen LogP contribution in [0.2, 0.25) is 0 Å². The Labute approximate surface area is 99.5 Å². The molecule has 0 saturated carbocycles. The Morgan fingerprint density at radius 3 is 2.50 bits per heavy atom. The third-order valence-corrected chi connectivity index (χ3v) is 2.98. The lowest BCUT2D eigenvalue weighted by atomic mass is 9.81. The van der Waals surface area contributed by atoms with Gasteiger partial charge in [-0.15, -0.1) is 0 Å². The van der Waals surface area contributed by atoms with Crippen LogP contribution >= 0.6 is 0 Å². The van der Waals surface area contributed by atoms with E-state index in [9.17, 15) is 0 Å². The van der Waals surface area contributed by atoms with Crippen LogP contribution in [0.3, 0.4) is 0 Å². The molecule has 0 spiro atoms. The van der Waals surface area contributed by atoms with Crippen LogP contribution in [0.5, 0.6) is 0 Å². The zero-order chi connectivity index (χ0) is 12.2. The minimum atomic E-state index is 0.178. The molecule has 90 valence electrons. The lowest BCUT2D eigenvalue weighted by Crippen LogP contribution is -2.22. The molecule has 0 fully saturated rings. The van der Waals surface area contributed by atoms with Gasteiger partial charge in [-0.3, -0.25) is 0 Å². The van der Waals surface area contributed by atoms with Crippen LogP contribution in [0, 0.1) is 0 Å². The first-order valence-electron chi connectivity index (χ1n) is 5.90. The molecule has 1 aromatic rings. The number of benzene rings is 1. The fraction of sp³-hybridized carbons (Fsp3) is 0.571. The largest absolute Gasteiger partial charge is 0.330 e. The van der Waals surface area contributed by atoms with Crippen molar-refractivity contribution in [1.82, 2.24) is 4.90 Å². The van der Waals surface area contributed by atoms with Gasteiger partial charge in [-0.1, -0.05) is 38.1 Å². The van der Waals surface area contributed by atoms with E-state index in [1.165, 1.54) is 11.1 Å². The molecule has 1 aromatic carbocycles. The molecule has 2 nitrogen and oxygen atoms in total. The highest BCUT2D eigenvalue weighted by molar-refractivity contribution is 5.29. The molecule has 16 heavy (non-hydrogen) atoms. The Hall–Kier alpha value is -0.860. The van der Waals surface area contributed by atoms with Gasteiger partial charge < -0.3 is 10.6 Å². The zero-order valence-corrected chi connectivity index (χ0v) is 11.0. The number of nitrogens with zero attached hydrogens (tertiary/aromatic N) is 1. The maximum atomic E-state index is 5.66. The minimum absolute atomic E-state index is 0.178. The molecule has 0 atom stereocenters. The third kappa shape index (κ3) is 3.62. The first-order chi connectivity index (χ1) is 7.45. The summed E-state index contributed by atoms with van der Waals surface area (Å²) in [6, 6.07) is 8.83. The average Bonchev–Trinajstić information content (AvgIpc) is 2.17. The quantitative estimate of drug-likeness (QED) is 0.825. The summed E-state index contributed by atoms with van der Waals surface area (Å²) < 4.78 is 0. The van der Waals surface area contributed by atoms with Gasteiger partial charge in [0.15, 0.2) is 0 Å². The first-order valence-corrected chi connectivity index (χ1v) is 5.90. The molecule has 0 amide bonds. The minimum Gasteiger partial charge on any atom is -0.330 e. The Balaban J connectivity index is 2.89. The predicted octanol–water partition coefficient (Wildman–Crippen LogP) is 2.37. The first kappa shape index (κ1) is 13.2. The highest BCUT2D eigenvalue weighted by Crippen LogP contribution is 2.27. The third-order valence-electron chi connectivity index (χ3n) is 2.98. The van der Waals surface area contributed by atoms with Crippen LogP contribution in [0.25, 0.3) is 0 Å². The van der Waals surface area contributed by atoms with Gasteiger partial charge in [0, 0.05) is 6.54 Å². The van der Waals surface area contributed by atoms with E-state index in [4.69, 9.17) is 5.73 Å². The van der Waals surface area contributed by atoms with Gasteiger partial charge in [0.25, 0.3) is 0 Å². The van der Waals surface area contributed by atoms with Gasteiger partial charge in [-0.2, -0.15) is 0 Å². The summed E-state index contributed by atoms with van der Waals surface area (Å²) in [7, 11) is 4.19. The van der Waals surface area contributed by atoms with Crippen molar-refractivity contribution >= 4 is 0 Å². The molecule has 0 heterocycles. The van der Waals surface area contributed by atoms with Crippen molar-refractivity contribution in [3.05, 3.63) is 35.4 Å². The normalized spacial score (nSPS) is 12.1. The number of hydrogen-bond donors (Lipinski definition) is 1. The number of rotatable bonds is 5. The molecule has 0 radical (unpaired) electrons. The smallest absolute Gasteiger partial charge is 0.0227 e. The Bertz CT molecular complexity index is 329. The highest BCUT2D eigenvalue weighted by Gasteiger charge is 2.19. The van der Waals surface area contributed by atoms with Gasteiger partial charge in [0.1, 0.15) is 0 Å².